The molecule has 5 N–H and O–H groups in total. The van der Waals surface area contributed by atoms with Gasteiger partial charge in [-0.25, -0.2) is 9.37 Å². The molecule has 3 aliphatic rings. The molecule has 38 heavy (non-hydrogen) atoms. The molecule has 2 aliphatic carbocycles. The van der Waals surface area contributed by atoms with Crippen molar-refractivity contribution in [2.45, 2.75) is 19.4 Å². The molecule has 0 radical (unpaired) electrons. The van der Waals surface area contributed by atoms with E-state index in [0.717, 1.165) is 50.0 Å². The summed E-state index contributed by atoms with van der Waals surface area (Å²) in [4.78, 5) is 25.2. The molecule has 2 heterocycles. The largest absolute Gasteiger partial charge is 0.369 e. The van der Waals surface area contributed by atoms with Crippen molar-refractivity contribution >= 4 is 39.2 Å². The molecule has 1 aromatic carbocycles. The molecule has 2 fully saturated rings. The number of allylic oxidation sites excluding steroid dienone is 1. The van der Waals surface area contributed by atoms with Crippen LogP contribution in [0.25, 0.3) is 0 Å². The van der Waals surface area contributed by atoms with Gasteiger partial charge in [0, 0.05) is 43.6 Å². The second-order valence-corrected chi connectivity index (χ2v) is 11.6. The van der Waals surface area contributed by atoms with Crippen LogP contribution in [0.15, 0.2) is 36.5 Å². The van der Waals surface area contributed by atoms with E-state index < -0.39 is 15.9 Å². The lowest BCUT2D eigenvalue weighted by molar-refractivity contribution is -0.122. The van der Waals surface area contributed by atoms with Crippen LogP contribution in [0.3, 0.4) is 0 Å². The van der Waals surface area contributed by atoms with E-state index in [1.54, 1.807) is 0 Å². The van der Waals surface area contributed by atoms with Gasteiger partial charge in [0.05, 0.1) is 18.4 Å². The fourth-order valence-electron chi connectivity index (χ4n) is 5.36. The maximum Gasteiger partial charge on any atom is 0.261 e. The highest BCUT2D eigenvalue weighted by Gasteiger charge is 2.47. The number of aryl methyl sites for hydroxylation is 1. The lowest BCUT2D eigenvalue weighted by Crippen LogP contribution is -2.44. The Kier molecular flexibility index (Phi) is 8.19. The van der Waals surface area contributed by atoms with E-state index in [2.05, 4.69) is 62.6 Å². The molecule has 1 saturated carbocycles. The predicted molar refractivity (Wildman–Crippen MR) is 144 cm³/mol. The van der Waals surface area contributed by atoms with E-state index in [4.69, 9.17) is 10.3 Å². The van der Waals surface area contributed by atoms with Crippen molar-refractivity contribution < 1.29 is 22.2 Å². The molecular weight excluding hydrogens is 513 g/mol. The summed E-state index contributed by atoms with van der Waals surface area (Å²) in [7, 11) is -1.52. The van der Waals surface area contributed by atoms with Gasteiger partial charge in [-0.2, -0.15) is 13.4 Å². The number of rotatable bonds is 6. The maximum atomic E-state index is 14.5. The Balaban J connectivity index is 0.000000617. The predicted octanol–water partition coefficient (Wildman–Crippen LogP) is 2.01. The third kappa shape index (κ3) is 6.77. The summed E-state index contributed by atoms with van der Waals surface area (Å²) in [6.07, 6.45) is 6.82. The number of fused-ring (bicyclic) bond motifs is 2. The van der Waals surface area contributed by atoms with Crippen LogP contribution in [-0.4, -0.2) is 79.3 Å². The van der Waals surface area contributed by atoms with E-state index >= 15 is 0 Å². The van der Waals surface area contributed by atoms with Crippen LogP contribution >= 0.6 is 0 Å². The van der Waals surface area contributed by atoms with Crippen molar-refractivity contribution in [2.75, 3.05) is 55.0 Å². The monoisotopic (exact) mass is 547 g/mol. The van der Waals surface area contributed by atoms with Gasteiger partial charge < -0.3 is 26.2 Å². The van der Waals surface area contributed by atoms with Crippen molar-refractivity contribution in [3.8, 4) is 0 Å². The van der Waals surface area contributed by atoms with Gasteiger partial charge in [-0.3, -0.25) is 9.35 Å². The minimum atomic E-state index is -3.67. The van der Waals surface area contributed by atoms with E-state index in [-0.39, 0.29) is 35.5 Å². The van der Waals surface area contributed by atoms with Gasteiger partial charge in [0.25, 0.3) is 10.1 Å². The number of hydrogen-bond donors (Lipinski definition) is 4. The Bertz CT molecular complexity index is 1310. The maximum absolute atomic E-state index is 14.5. The first-order valence-electron chi connectivity index (χ1n) is 12.4. The standard InChI is InChI=1S/C24H30FN7O.CH4O3S/c1-14-11-17(5-6-19(14)32-9-7-31(2)8-10-32)28-24-27-13-18(25)23(30-24)29-21-16-4-3-15(12-16)20(21)22(26)33;1-5(2,3)4/h3-6,11,13,15-16,20-21H,7-10,12H2,1-2H3,(H2,26,33)(H2,27,28,29,30);1H3,(H,2,3,4)/t15-,16+,20+,21-;/m1./s1. The van der Waals surface area contributed by atoms with E-state index in [0.29, 0.717) is 12.2 Å². The molecule has 1 aliphatic heterocycles. The number of anilines is 4. The molecular formula is C25H34FN7O4S. The van der Waals surface area contributed by atoms with Crippen LogP contribution in [0.5, 0.6) is 0 Å². The summed E-state index contributed by atoms with van der Waals surface area (Å²) in [5.41, 5.74) is 8.84. The molecule has 1 aromatic heterocycles. The normalized spacial score (nSPS) is 24.6. The summed E-state index contributed by atoms with van der Waals surface area (Å²) >= 11 is 0. The van der Waals surface area contributed by atoms with Crippen LogP contribution in [0.1, 0.15) is 12.0 Å². The first kappa shape index (κ1) is 27.7. The highest BCUT2D eigenvalue weighted by molar-refractivity contribution is 7.85. The van der Waals surface area contributed by atoms with E-state index in [1.165, 1.54) is 5.69 Å². The minimum Gasteiger partial charge on any atom is -0.369 e. The zero-order valence-corrected chi connectivity index (χ0v) is 22.4. The molecule has 206 valence electrons. The van der Waals surface area contributed by atoms with Crippen LogP contribution in [0.2, 0.25) is 0 Å². The van der Waals surface area contributed by atoms with Crippen LogP contribution < -0.4 is 21.3 Å². The van der Waals surface area contributed by atoms with Gasteiger partial charge in [0.2, 0.25) is 11.9 Å². The molecule has 1 saturated heterocycles. The number of nitrogens with zero attached hydrogens (tertiary/aromatic N) is 4. The first-order chi connectivity index (χ1) is 17.9. The smallest absolute Gasteiger partial charge is 0.261 e. The Labute approximate surface area is 222 Å². The summed E-state index contributed by atoms with van der Waals surface area (Å²) in [5, 5.41) is 6.32. The zero-order valence-electron chi connectivity index (χ0n) is 21.6. The van der Waals surface area contributed by atoms with E-state index in [1.807, 2.05) is 12.1 Å². The summed E-state index contributed by atoms with van der Waals surface area (Å²) in [5.74, 6) is -0.673. The van der Waals surface area contributed by atoms with Crippen LogP contribution in [-0.2, 0) is 14.9 Å². The molecule has 13 heteroatoms. The third-order valence-corrected chi connectivity index (χ3v) is 7.13. The van der Waals surface area contributed by atoms with Gasteiger partial charge in [-0.1, -0.05) is 12.2 Å². The van der Waals surface area contributed by atoms with Gasteiger partial charge >= 0.3 is 0 Å². The number of amides is 1. The summed E-state index contributed by atoms with van der Waals surface area (Å²) < 4.78 is 40.4. The van der Waals surface area contributed by atoms with Crippen molar-refractivity contribution in [1.29, 1.82) is 0 Å². The molecule has 4 atom stereocenters. The number of likely N-dealkylation sites (N-methyl/N-ethyl adjacent to an activating group) is 1. The fraction of sp³-hybridized carbons (Fsp3) is 0.480. The highest BCUT2D eigenvalue weighted by atomic mass is 32.2. The van der Waals surface area contributed by atoms with Crippen molar-refractivity contribution in [3.05, 3.63) is 47.9 Å². The number of primary amides is 1. The highest BCUT2D eigenvalue weighted by Crippen LogP contribution is 2.45. The SMILES string of the molecule is CS(=O)(=O)O.Cc1cc(Nc2ncc(F)c(N[C@H]3[C@@H](C(N)=O)[C@@H]4C=C[C@H]3C4)n2)ccc1N1CCN(C)CC1. The summed E-state index contributed by atoms with van der Waals surface area (Å²) in [6, 6.07) is 5.88. The average Bonchev–Trinajstić information content (AvgIpc) is 3.43. The number of benzene rings is 1. The van der Waals surface area contributed by atoms with Crippen LogP contribution in [0, 0.1) is 30.5 Å². The van der Waals surface area contributed by atoms with Gasteiger partial charge in [0.15, 0.2) is 11.6 Å². The number of nitrogens with one attached hydrogen (secondary N) is 2. The first-order valence-corrected chi connectivity index (χ1v) is 14.2. The van der Waals surface area contributed by atoms with Gasteiger partial charge in [-0.15, -0.1) is 0 Å². The third-order valence-electron chi connectivity index (χ3n) is 7.13. The molecule has 2 aromatic rings. The second kappa shape index (κ2) is 11.2. The average molecular weight is 548 g/mol. The second-order valence-electron chi connectivity index (χ2n) is 10.1. The fourth-order valence-corrected chi connectivity index (χ4v) is 5.36. The Morgan fingerprint density at radius 1 is 1.18 bits per heavy atom. The van der Waals surface area contributed by atoms with Crippen LogP contribution in [0.4, 0.5) is 27.5 Å². The molecule has 11 nitrogen and oxygen atoms in total. The van der Waals surface area contributed by atoms with Crippen molar-refractivity contribution in [1.82, 2.24) is 14.9 Å². The van der Waals surface area contributed by atoms with Gasteiger partial charge in [0.1, 0.15) is 0 Å². The molecule has 5 rings (SSSR count). The lowest BCUT2D eigenvalue weighted by atomic mass is 9.88. The molecule has 1 amide bonds. The number of carbonyl (C=O) groups excluding carboxylic acids is 1. The number of hydrogen-bond acceptors (Lipinski definition) is 9. The Hall–Kier alpha value is -3.29. The number of halogens is 1. The van der Waals surface area contributed by atoms with Crippen molar-refractivity contribution in [2.24, 2.45) is 23.5 Å². The molecule has 0 spiro atoms. The number of piperazine rings is 1. The number of carbonyl (C=O) groups is 1. The Morgan fingerprint density at radius 2 is 1.84 bits per heavy atom. The molecule has 0 unspecified atom stereocenters. The topological polar surface area (TPSA) is 154 Å². The van der Waals surface area contributed by atoms with Gasteiger partial charge in [-0.05, 0) is 56.0 Å². The van der Waals surface area contributed by atoms with E-state index in [9.17, 15) is 17.6 Å². The lowest BCUT2D eigenvalue weighted by Gasteiger charge is -2.35. The Morgan fingerprint density at radius 3 is 2.47 bits per heavy atom. The van der Waals surface area contributed by atoms with Crippen molar-refractivity contribution in [3.63, 3.8) is 0 Å². The quantitative estimate of drug-likeness (QED) is 0.312. The summed E-state index contributed by atoms with van der Waals surface area (Å²) in [6.45, 7) is 6.20. The minimum absolute atomic E-state index is 0.0791. The zero-order chi connectivity index (χ0) is 27.6. The number of nitrogens with two attached hydrogens (primary N) is 1. The number of aromatic nitrogens is 2. The molecule has 2 bridgehead atoms.